The largest absolute Gasteiger partial charge is 0.489 e. The number of amides is 2. The summed E-state index contributed by atoms with van der Waals surface area (Å²) in [6.45, 7) is 5.06. The molecule has 1 aliphatic carbocycles. The van der Waals surface area contributed by atoms with E-state index in [2.05, 4.69) is 11.9 Å². The first-order valence-corrected chi connectivity index (χ1v) is 8.10. The number of nitrogens with one attached hydrogen (secondary N) is 1. The standard InChI is InChI=1S/C18H26N2O3/c1-3-11-23-17-10-5-4-7-14(17)12-19-18(22)20(2)13-15-8-6-9-16(15)21/h3-5,7,10,15-16,21H,1,6,8-9,11-13H2,2H3,(H,19,22). The highest BCUT2D eigenvalue weighted by atomic mass is 16.5. The van der Waals surface area contributed by atoms with Crippen molar-refractivity contribution in [2.24, 2.45) is 5.92 Å². The molecule has 5 nitrogen and oxygen atoms in total. The minimum atomic E-state index is -0.279. The molecule has 5 heteroatoms. The molecule has 2 rings (SSSR count). The molecule has 2 N–H and O–H groups in total. The van der Waals surface area contributed by atoms with Crippen LogP contribution in [0.3, 0.4) is 0 Å². The number of aliphatic hydroxyl groups excluding tert-OH is 1. The lowest BCUT2D eigenvalue weighted by Crippen LogP contribution is -2.40. The summed E-state index contributed by atoms with van der Waals surface area (Å²) >= 11 is 0. The first kappa shape index (κ1) is 17.3. The van der Waals surface area contributed by atoms with Crippen LogP contribution in [0, 0.1) is 5.92 Å². The average Bonchev–Trinajstić information content (AvgIpc) is 2.96. The van der Waals surface area contributed by atoms with Crippen molar-refractivity contribution in [2.45, 2.75) is 31.9 Å². The van der Waals surface area contributed by atoms with Gasteiger partial charge in [-0.3, -0.25) is 0 Å². The fourth-order valence-electron chi connectivity index (χ4n) is 2.91. The van der Waals surface area contributed by atoms with Crippen LogP contribution in [0.25, 0.3) is 0 Å². The van der Waals surface area contributed by atoms with Gasteiger partial charge in [0.2, 0.25) is 0 Å². The van der Waals surface area contributed by atoms with Gasteiger partial charge in [0.1, 0.15) is 12.4 Å². The van der Waals surface area contributed by atoms with Crippen LogP contribution in [0.5, 0.6) is 5.75 Å². The molecule has 126 valence electrons. The quantitative estimate of drug-likeness (QED) is 0.760. The number of carbonyl (C=O) groups is 1. The molecule has 0 bridgehead atoms. The van der Waals surface area contributed by atoms with Crippen molar-refractivity contribution in [3.63, 3.8) is 0 Å². The molecule has 2 atom stereocenters. The van der Waals surface area contributed by atoms with E-state index < -0.39 is 0 Å². The van der Waals surface area contributed by atoms with Crippen LogP contribution in [0.4, 0.5) is 4.79 Å². The molecule has 0 radical (unpaired) electrons. The van der Waals surface area contributed by atoms with Gasteiger partial charge in [0, 0.05) is 31.6 Å². The Morgan fingerprint density at radius 3 is 2.96 bits per heavy atom. The molecule has 0 aliphatic heterocycles. The topological polar surface area (TPSA) is 61.8 Å². The van der Waals surface area contributed by atoms with Crippen molar-refractivity contribution in [3.8, 4) is 5.75 Å². The third-order valence-electron chi connectivity index (χ3n) is 4.23. The molecule has 1 aromatic rings. The molecule has 1 fully saturated rings. The van der Waals surface area contributed by atoms with Crippen LogP contribution in [-0.4, -0.2) is 42.3 Å². The molecule has 2 unspecified atom stereocenters. The van der Waals surface area contributed by atoms with E-state index in [4.69, 9.17) is 4.74 Å². The normalized spacial score (nSPS) is 20.1. The van der Waals surface area contributed by atoms with Gasteiger partial charge in [0.25, 0.3) is 0 Å². The number of ether oxygens (including phenoxy) is 1. The zero-order valence-electron chi connectivity index (χ0n) is 13.7. The lowest BCUT2D eigenvalue weighted by molar-refractivity contribution is 0.114. The van der Waals surface area contributed by atoms with E-state index in [0.29, 0.717) is 19.7 Å². The SMILES string of the molecule is C=CCOc1ccccc1CNC(=O)N(C)CC1CCCC1O. The Morgan fingerprint density at radius 1 is 1.48 bits per heavy atom. The molecule has 1 aromatic carbocycles. The highest BCUT2D eigenvalue weighted by Gasteiger charge is 2.27. The maximum Gasteiger partial charge on any atom is 0.317 e. The van der Waals surface area contributed by atoms with Crippen LogP contribution < -0.4 is 10.1 Å². The lowest BCUT2D eigenvalue weighted by atomic mass is 10.1. The molecule has 1 saturated carbocycles. The number of hydrogen-bond donors (Lipinski definition) is 2. The van der Waals surface area contributed by atoms with Gasteiger partial charge in [-0.05, 0) is 18.9 Å². The van der Waals surface area contributed by atoms with Gasteiger partial charge in [0.15, 0.2) is 0 Å². The number of benzene rings is 1. The van der Waals surface area contributed by atoms with Crippen LogP contribution in [0.1, 0.15) is 24.8 Å². The molecule has 0 heterocycles. The Balaban J connectivity index is 1.85. The van der Waals surface area contributed by atoms with Crippen molar-refractivity contribution in [2.75, 3.05) is 20.2 Å². The van der Waals surface area contributed by atoms with Crippen molar-refractivity contribution >= 4 is 6.03 Å². The van der Waals surface area contributed by atoms with E-state index in [1.807, 2.05) is 24.3 Å². The Morgan fingerprint density at radius 2 is 2.26 bits per heavy atom. The fourth-order valence-corrected chi connectivity index (χ4v) is 2.91. The molecule has 23 heavy (non-hydrogen) atoms. The summed E-state index contributed by atoms with van der Waals surface area (Å²) in [4.78, 5) is 13.9. The second kappa shape index (κ2) is 8.58. The van der Waals surface area contributed by atoms with Crippen LogP contribution in [-0.2, 0) is 6.54 Å². The van der Waals surface area contributed by atoms with Gasteiger partial charge in [-0.25, -0.2) is 4.79 Å². The number of hydrogen-bond acceptors (Lipinski definition) is 3. The zero-order chi connectivity index (χ0) is 16.7. The third kappa shape index (κ3) is 4.99. The van der Waals surface area contributed by atoms with E-state index in [1.165, 1.54) is 0 Å². The van der Waals surface area contributed by atoms with E-state index in [9.17, 15) is 9.90 Å². The van der Waals surface area contributed by atoms with Gasteiger partial charge in [-0.2, -0.15) is 0 Å². The highest BCUT2D eigenvalue weighted by Crippen LogP contribution is 2.26. The maximum atomic E-state index is 12.2. The Labute approximate surface area is 137 Å². The smallest absolute Gasteiger partial charge is 0.317 e. The zero-order valence-corrected chi connectivity index (χ0v) is 13.7. The Kier molecular flexibility index (Phi) is 6.47. The second-order valence-corrected chi connectivity index (χ2v) is 6.00. The number of urea groups is 1. The molecular formula is C18H26N2O3. The second-order valence-electron chi connectivity index (χ2n) is 6.00. The number of nitrogens with zero attached hydrogens (tertiary/aromatic N) is 1. The van der Waals surface area contributed by atoms with Gasteiger partial charge in [-0.1, -0.05) is 37.3 Å². The molecule has 1 aliphatic rings. The molecule has 2 amide bonds. The molecule has 0 aromatic heterocycles. The van der Waals surface area contributed by atoms with Crippen LogP contribution in [0.2, 0.25) is 0 Å². The van der Waals surface area contributed by atoms with Gasteiger partial charge in [0.05, 0.1) is 6.10 Å². The summed E-state index contributed by atoms with van der Waals surface area (Å²) in [6.07, 6.45) is 4.27. The monoisotopic (exact) mass is 318 g/mol. The minimum absolute atomic E-state index is 0.136. The first-order chi connectivity index (χ1) is 11.1. The van der Waals surface area contributed by atoms with E-state index in [1.54, 1.807) is 18.0 Å². The summed E-state index contributed by atoms with van der Waals surface area (Å²) < 4.78 is 5.58. The summed E-state index contributed by atoms with van der Waals surface area (Å²) in [5.41, 5.74) is 0.928. The van der Waals surface area contributed by atoms with Crippen molar-refractivity contribution in [3.05, 3.63) is 42.5 Å². The van der Waals surface area contributed by atoms with E-state index in [-0.39, 0.29) is 18.1 Å². The number of aliphatic hydroxyl groups is 1. The minimum Gasteiger partial charge on any atom is -0.489 e. The van der Waals surface area contributed by atoms with Crippen molar-refractivity contribution in [1.29, 1.82) is 0 Å². The van der Waals surface area contributed by atoms with E-state index in [0.717, 1.165) is 30.6 Å². The van der Waals surface area contributed by atoms with Crippen molar-refractivity contribution in [1.82, 2.24) is 10.2 Å². The summed E-state index contributed by atoms with van der Waals surface area (Å²) in [7, 11) is 1.76. The van der Waals surface area contributed by atoms with E-state index >= 15 is 0 Å². The highest BCUT2D eigenvalue weighted by molar-refractivity contribution is 5.73. The van der Waals surface area contributed by atoms with Gasteiger partial charge in [-0.15, -0.1) is 0 Å². The van der Waals surface area contributed by atoms with Crippen molar-refractivity contribution < 1.29 is 14.6 Å². The number of rotatable bonds is 7. The number of para-hydroxylation sites is 1. The predicted octanol–water partition coefficient (Wildman–Crippen LogP) is 2.55. The fraction of sp³-hybridized carbons (Fsp3) is 0.500. The van der Waals surface area contributed by atoms with Crippen LogP contribution in [0.15, 0.2) is 36.9 Å². The summed E-state index contributed by atoms with van der Waals surface area (Å²) in [5, 5.41) is 12.8. The third-order valence-corrected chi connectivity index (χ3v) is 4.23. The average molecular weight is 318 g/mol. The summed E-state index contributed by atoms with van der Waals surface area (Å²) in [5.74, 6) is 0.940. The molecular weight excluding hydrogens is 292 g/mol. The van der Waals surface area contributed by atoms with Gasteiger partial charge < -0.3 is 20.1 Å². The van der Waals surface area contributed by atoms with Crippen LogP contribution >= 0.6 is 0 Å². The van der Waals surface area contributed by atoms with Gasteiger partial charge >= 0.3 is 6.03 Å². The Hall–Kier alpha value is -2.01. The number of carbonyl (C=O) groups excluding carboxylic acids is 1. The predicted molar refractivity (Wildman–Crippen MR) is 90.3 cm³/mol. The Bertz CT molecular complexity index is 533. The summed E-state index contributed by atoms with van der Waals surface area (Å²) in [6, 6.07) is 7.49. The first-order valence-electron chi connectivity index (χ1n) is 8.10. The lowest BCUT2D eigenvalue weighted by Gasteiger charge is -2.23. The molecule has 0 saturated heterocycles. The molecule has 0 spiro atoms. The maximum absolute atomic E-state index is 12.2.